The van der Waals surface area contributed by atoms with Gasteiger partial charge in [0.05, 0.1) is 5.56 Å². The number of nitrogens with zero attached hydrogens (tertiary/aromatic N) is 3. The Morgan fingerprint density at radius 1 is 1.16 bits per heavy atom. The first-order chi connectivity index (χ1) is 14.7. The van der Waals surface area contributed by atoms with Gasteiger partial charge in [0.25, 0.3) is 0 Å². The van der Waals surface area contributed by atoms with Crippen LogP contribution < -0.4 is 10.0 Å². The van der Waals surface area contributed by atoms with Gasteiger partial charge in [-0.25, -0.2) is 9.97 Å². The van der Waals surface area contributed by atoms with Crippen LogP contribution in [-0.2, 0) is 25.2 Å². The summed E-state index contributed by atoms with van der Waals surface area (Å²) in [6.45, 7) is 3.54. The standard InChI is InChI=1S/C20H22F6N4O2/c1-18(2)12(10-31)7-15(18)28-17-14(20(24,25)26)8-27-16(29-17)4-3-11-9-30(32)6-5-13(11)19(21,22)23/h5-6,8-9,12,15,31H,3-4,7,10H2,1-2H3,(H,27,28,29)/t12-,15-/m1/s1. The molecule has 0 saturated heterocycles. The first kappa shape index (κ1) is 24.0. The van der Waals surface area contributed by atoms with Crippen molar-refractivity contribution < 1.29 is 36.2 Å². The first-order valence-corrected chi connectivity index (χ1v) is 9.83. The molecular formula is C20H22F6N4O2. The van der Waals surface area contributed by atoms with Crippen LogP contribution in [0.1, 0.15) is 42.8 Å². The molecule has 2 N–H and O–H groups in total. The molecular weight excluding hydrogens is 442 g/mol. The minimum absolute atomic E-state index is 0.0756. The van der Waals surface area contributed by atoms with E-state index in [9.17, 15) is 36.7 Å². The summed E-state index contributed by atoms with van der Waals surface area (Å²) < 4.78 is 80.1. The maximum absolute atomic E-state index is 13.4. The molecule has 1 saturated carbocycles. The third kappa shape index (κ3) is 4.89. The van der Waals surface area contributed by atoms with Crippen LogP contribution in [0.2, 0.25) is 0 Å². The number of aryl methyl sites for hydroxylation is 2. The van der Waals surface area contributed by atoms with Crippen molar-refractivity contribution in [2.75, 3.05) is 11.9 Å². The zero-order valence-electron chi connectivity index (χ0n) is 17.3. The number of pyridine rings is 1. The molecule has 176 valence electrons. The van der Waals surface area contributed by atoms with Gasteiger partial charge in [0, 0.05) is 36.9 Å². The van der Waals surface area contributed by atoms with Crippen molar-refractivity contribution >= 4 is 5.82 Å². The van der Waals surface area contributed by atoms with Crippen LogP contribution in [0.15, 0.2) is 24.7 Å². The Balaban J connectivity index is 1.85. The van der Waals surface area contributed by atoms with Gasteiger partial charge < -0.3 is 15.6 Å². The van der Waals surface area contributed by atoms with Crippen molar-refractivity contribution in [1.29, 1.82) is 0 Å². The van der Waals surface area contributed by atoms with E-state index in [-0.39, 0.29) is 47.5 Å². The summed E-state index contributed by atoms with van der Waals surface area (Å²) in [5, 5.41) is 23.6. The van der Waals surface area contributed by atoms with Gasteiger partial charge >= 0.3 is 12.4 Å². The predicted molar refractivity (Wildman–Crippen MR) is 101 cm³/mol. The molecule has 1 aliphatic carbocycles. The van der Waals surface area contributed by atoms with Crippen LogP contribution in [0.5, 0.6) is 0 Å². The maximum atomic E-state index is 13.4. The second kappa shape index (κ2) is 8.38. The van der Waals surface area contributed by atoms with E-state index in [1.807, 2.05) is 13.8 Å². The van der Waals surface area contributed by atoms with Gasteiger partial charge in [-0.05, 0) is 24.2 Å². The number of alkyl halides is 6. The molecule has 0 radical (unpaired) electrons. The van der Waals surface area contributed by atoms with Crippen LogP contribution in [-0.4, -0.2) is 27.7 Å². The molecule has 12 heteroatoms. The summed E-state index contributed by atoms with van der Waals surface area (Å²) >= 11 is 0. The van der Waals surface area contributed by atoms with E-state index in [4.69, 9.17) is 0 Å². The lowest BCUT2D eigenvalue weighted by Gasteiger charge is -2.52. The van der Waals surface area contributed by atoms with Gasteiger partial charge in [-0.2, -0.15) is 31.1 Å². The van der Waals surface area contributed by atoms with Crippen LogP contribution in [0.3, 0.4) is 0 Å². The molecule has 2 heterocycles. The van der Waals surface area contributed by atoms with Gasteiger partial charge in [-0.15, -0.1) is 0 Å². The summed E-state index contributed by atoms with van der Waals surface area (Å²) in [6, 6.07) is 0.271. The molecule has 2 aromatic rings. The third-order valence-corrected chi connectivity index (χ3v) is 6.09. The largest absolute Gasteiger partial charge is 0.619 e. The van der Waals surface area contributed by atoms with Gasteiger partial charge in [-0.3, -0.25) is 0 Å². The Kier molecular flexibility index (Phi) is 6.29. The Bertz CT molecular complexity index is 978. The van der Waals surface area contributed by atoms with Crippen LogP contribution >= 0.6 is 0 Å². The zero-order valence-corrected chi connectivity index (χ0v) is 17.3. The van der Waals surface area contributed by atoms with Crippen LogP contribution in [0.25, 0.3) is 0 Å². The highest BCUT2D eigenvalue weighted by Crippen LogP contribution is 2.48. The number of halogens is 6. The van der Waals surface area contributed by atoms with Crippen molar-refractivity contribution in [2.45, 2.75) is 51.5 Å². The van der Waals surface area contributed by atoms with Crippen LogP contribution in [0.4, 0.5) is 32.2 Å². The predicted octanol–water partition coefficient (Wildman–Crippen LogP) is 3.75. The summed E-state index contributed by atoms with van der Waals surface area (Å²) in [5.74, 6) is -0.626. The van der Waals surface area contributed by atoms with Gasteiger partial charge in [0.2, 0.25) is 0 Å². The normalized spacial score (nSPS) is 20.7. The van der Waals surface area contributed by atoms with E-state index in [1.165, 1.54) is 0 Å². The lowest BCUT2D eigenvalue weighted by atomic mass is 9.59. The number of hydrogen-bond acceptors (Lipinski definition) is 5. The SMILES string of the molecule is CC1(C)[C@@H](CO)C[C@H]1Nc1nc(CCc2c[n+]([O-])ccc2C(F)(F)F)ncc1C(F)(F)F. The van der Waals surface area contributed by atoms with Crippen molar-refractivity contribution in [3.05, 3.63) is 52.4 Å². The molecule has 2 atom stereocenters. The minimum Gasteiger partial charge on any atom is -0.619 e. The number of aliphatic hydroxyl groups excluding tert-OH is 1. The topological polar surface area (TPSA) is 85.0 Å². The molecule has 0 bridgehead atoms. The number of aromatic nitrogens is 3. The van der Waals surface area contributed by atoms with Gasteiger partial charge in [-0.1, -0.05) is 13.8 Å². The van der Waals surface area contributed by atoms with E-state index < -0.39 is 34.7 Å². The number of hydrogen-bond donors (Lipinski definition) is 2. The first-order valence-electron chi connectivity index (χ1n) is 9.83. The molecule has 1 aliphatic rings. The molecule has 32 heavy (non-hydrogen) atoms. The Morgan fingerprint density at radius 3 is 2.38 bits per heavy atom. The molecule has 2 aromatic heterocycles. The van der Waals surface area contributed by atoms with Crippen molar-refractivity contribution in [2.24, 2.45) is 11.3 Å². The Labute approximate surface area is 179 Å². The average Bonchev–Trinajstić information content (AvgIpc) is 2.67. The lowest BCUT2D eigenvalue weighted by Crippen LogP contribution is -2.55. The molecule has 3 rings (SSSR count). The quantitative estimate of drug-likeness (QED) is 0.387. The second-order valence-corrected chi connectivity index (χ2v) is 8.42. The van der Waals surface area contributed by atoms with E-state index in [0.717, 1.165) is 12.4 Å². The number of nitrogens with one attached hydrogen (secondary N) is 1. The smallest absolute Gasteiger partial charge is 0.421 e. The monoisotopic (exact) mass is 464 g/mol. The molecule has 0 spiro atoms. The summed E-state index contributed by atoms with van der Waals surface area (Å²) in [4.78, 5) is 7.61. The van der Waals surface area contributed by atoms with E-state index in [0.29, 0.717) is 18.7 Å². The minimum atomic E-state index is -4.73. The second-order valence-electron chi connectivity index (χ2n) is 8.42. The number of rotatable bonds is 6. The highest BCUT2D eigenvalue weighted by atomic mass is 19.4. The van der Waals surface area contributed by atoms with E-state index in [1.54, 1.807) is 0 Å². The average molecular weight is 464 g/mol. The zero-order chi connectivity index (χ0) is 23.9. The number of aliphatic hydroxyl groups is 1. The Morgan fingerprint density at radius 2 is 1.81 bits per heavy atom. The molecule has 0 aliphatic heterocycles. The van der Waals surface area contributed by atoms with Gasteiger partial charge in [0.15, 0.2) is 12.4 Å². The van der Waals surface area contributed by atoms with Crippen molar-refractivity contribution in [3.63, 3.8) is 0 Å². The van der Waals surface area contributed by atoms with Crippen LogP contribution in [0, 0.1) is 16.5 Å². The third-order valence-electron chi connectivity index (χ3n) is 6.09. The molecule has 6 nitrogen and oxygen atoms in total. The van der Waals surface area contributed by atoms with Crippen molar-refractivity contribution in [3.8, 4) is 0 Å². The fourth-order valence-electron chi connectivity index (χ4n) is 3.84. The lowest BCUT2D eigenvalue weighted by molar-refractivity contribution is -0.606. The summed E-state index contributed by atoms with van der Waals surface area (Å²) in [6.07, 6.45) is -7.36. The molecule has 0 amide bonds. The van der Waals surface area contributed by atoms with Gasteiger partial charge in [0.1, 0.15) is 17.2 Å². The molecule has 0 aromatic carbocycles. The van der Waals surface area contributed by atoms with Crippen molar-refractivity contribution in [1.82, 2.24) is 9.97 Å². The van der Waals surface area contributed by atoms with E-state index in [2.05, 4.69) is 15.3 Å². The highest BCUT2D eigenvalue weighted by molar-refractivity contribution is 5.47. The highest BCUT2D eigenvalue weighted by Gasteiger charge is 2.48. The fraction of sp³-hybridized carbons (Fsp3) is 0.550. The van der Waals surface area contributed by atoms with E-state index >= 15 is 0 Å². The maximum Gasteiger partial charge on any atom is 0.421 e. The summed E-state index contributed by atoms with van der Waals surface area (Å²) in [7, 11) is 0. The Hall–Kier alpha value is -2.63. The summed E-state index contributed by atoms with van der Waals surface area (Å²) in [5.41, 5.74) is -2.87. The number of anilines is 1. The molecule has 0 unspecified atom stereocenters. The molecule has 1 fully saturated rings. The fourth-order valence-corrected chi connectivity index (χ4v) is 3.84.